The molecule has 3 heterocycles. The normalized spacial score (nSPS) is 19.9. The zero-order chi connectivity index (χ0) is 17.2. The van der Waals surface area contributed by atoms with Gasteiger partial charge in [-0.05, 0) is 31.4 Å². The highest BCUT2D eigenvalue weighted by molar-refractivity contribution is 5.94. The number of carbonyl (C=O) groups excluding carboxylic acids is 1. The van der Waals surface area contributed by atoms with Gasteiger partial charge in [-0.1, -0.05) is 0 Å². The minimum absolute atomic E-state index is 0.0677. The lowest BCUT2D eigenvalue weighted by atomic mass is 10.1. The van der Waals surface area contributed by atoms with Crippen LogP contribution < -0.4 is 4.74 Å². The Bertz CT molecular complexity index is 764. The highest BCUT2D eigenvalue weighted by Gasteiger charge is 2.29. The molecule has 2 aliphatic rings. The third-order valence-electron chi connectivity index (χ3n) is 4.70. The van der Waals surface area contributed by atoms with Gasteiger partial charge in [-0.3, -0.25) is 9.78 Å². The Labute approximate surface area is 145 Å². The molecule has 0 bridgehead atoms. The van der Waals surface area contributed by atoms with Gasteiger partial charge in [0, 0.05) is 37.2 Å². The summed E-state index contributed by atoms with van der Waals surface area (Å²) in [5.74, 6) is 0.409. The minimum Gasteiger partial charge on any atom is -0.476 e. The van der Waals surface area contributed by atoms with Crippen molar-refractivity contribution >= 4 is 5.91 Å². The fourth-order valence-electron chi connectivity index (χ4n) is 3.08. The topological polar surface area (TPSA) is 68.2 Å². The van der Waals surface area contributed by atoms with Crippen LogP contribution in [-0.4, -0.2) is 45.7 Å². The van der Waals surface area contributed by atoms with Crippen LogP contribution in [0.5, 0.6) is 5.88 Å². The monoisotopic (exact) mass is 342 g/mol. The van der Waals surface area contributed by atoms with Crippen LogP contribution in [0.3, 0.4) is 0 Å². The Balaban J connectivity index is 1.30. The summed E-state index contributed by atoms with van der Waals surface area (Å²) in [5, 5.41) is 8.30. The Morgan fingerprint density at radius 1 is 1.24 bits per heavy atom. The molecule has 2 aromatic rings. The first-order valence-electron chi connectivity index (χ1n) is 8.56. The van der Waals surface area contributed by atoms with Crippen LogP contribution in [0.2, 0.25) is 0 Å². The molecule has 0 radical (unpaired) electrons. The molecule has 0 N–H and O–H groups in total. The van der Waals surface area contributed by atoms with Gasteiger partial charge >= 0.3 is 0 Å². The third-order valence-corrected chi connectivity index (χ3v) is 4.70. The van der Waals surface area contributed by atoms with Crippen molar-refractivity contribution in [3.63, 3.8) is 0 Å². The molecule has 1 aliphatic heterocycles. The molecule has 0 spiro atoms. The summed E-state index contributed by atoms with van der Waals surface area (Å²) in [4.78, 5) is 17.7. The number of likely N-dealkylation sites (tertiary alicyclic amines) is 1. The van der Waals surface area contributed by atoms with E-state index in [0.29, 0.717) is 31.5 Å². The van der Waals surface area contributed by atoms with E-state index in [9.17, 15) is 9.18 Å². The minimum atomic E-state index is -0.585. The Hall–Kier alpha value is -2.57. The molecule has 1 unspecified atom stereocenters. The summed E-state index contributed by atoms with van der Waals surface area (Å²) in [6, 6.07) is 5.24. The number of pyridine rings is 1. The SMILES string of the molecule is O=C(c1ccncc1F)N1CCC(COc2ccc(C3CC3)nn2)C1. The molecule has 1 saturated carbocycles. The van der Waals surface area contributed by atoms with E-state index >= 15 is 0 Å². The van der Waals surface area contributed by atoms with Crippen molar-refractivity contribution in [3.05, 3.63) is 47.7 Å². The summed E-state index contributed by atoms with van der Waals surface area (Å²) in [6.45, 7) is 1.62. The highest BCUT2D eigenvalue weighted by atomic mass is 19.1. The average Bonchev–Trinajstić information content (AvgIpc) is 3.38. The molecule has 2 aromatic heterocycles. The van der Waals surface area contributed by atoms with Gasteiger partial charge in [0.15, 0.2) is 5.82 Å². The second kappa shape index (κ2) is 6.74. The molecule has 1 atom stereocenters. The summed E-state index contributed by atoms with van der Waals surface area (Å²) in [6.07, 6.45) is 5.70. The van der Waals surface area contributed by atoms with Crippen LogP contribution in [0.4, 0.5) is 4.39 Å². The summed E-state index contributed by atoms with van der Waals surface area (Å²) >= 11 is 0. The fraction of sp³-hybridized carbons (Fsp3) is 0.444. The summed E-state index contributed by atoms with van der Waals surface area (Å²) in [7, 11) is 0. The molecule has 1 saturated heterocycles. The first-order chi connectivity index (χ1) is 12.2. The van der Waals surface area contributed by atoms with E-state index in [1.807, 2.05) is 12.1 Å². The summed E-state index contributed by atoms with van der Waals surface area (Å²) in [5.41, 5.74) is 1.10. The number of ether oxygens (including phenoxy) is 1. The second-order valence-electron chi connectivity index (χ2n) is 6.64. The average molecular weight is 342 g/mol. The molecular weight excluding hydrogens is 323 g/mol. The van der Waals surface area contributed by atoms with Crippen molar-refractivity contribution in [3.8, 4) is 5.88 Å². The quantitative estimate of drug-likeness (QED) is 0.835. The van der Waals surface area contributed by atoms with E-state index in [2.05, 4.69) is 15.2 Å². The smallest absolute Gasteiger partial charge is 0.256 e. The maximum atomic E-state index is 13.7. The van der Waals surface area contributed by atoms with Gasteiger partial charge in [0.2, 0.25) is 5.88 Å². The number of carbonyl (C=O) groups is 1. The largest absolute Gasteiger partial charge is 0.476 e. The number of nitrogens with zero attached hydrogens (tertiary/aromatic N) is 4. The van der Waals surface area contributed by atoms with Crippen LogP contribution in [-0.2, 0) is 0 Å². The second-order valence-corrected chi connectivity index (χ2v) is 6.64. The first kappa shape index (κ1) is 15.9. The highest BCUT2D eigenvalue weighted by Crippen LogP contribution is 2.38. The van der Waals surface area contributed by atoms with Crippen LogP contribution in [0, 0.1) is 11.7 Å². The van der Waals surface area contributed by atoms with E-state index in [1.54, 1.807) is 4.90 Å². The van der Waals surface area contributed by atoms with Crippen LogP contribution in [0.25, 0.3) is 0 Å². The standard InChI is InChI=1S/C18H19FN4O2/c19-15-9-20-7-5-14(15)18(24)23-8-6-12(10-23)11-25-17-4-3-16(21-22-17)13-1-2-13/h3-5,7,9,12-13H,1-2,6,8,10-11H2. The molecule has 0 aromatic carbocycles. The fourth-order valence-corrected chi connectivity index (χ4v) is 3.08. The van der Waals surface area contributed by atoms with Crippen LogP contribution in [0.1, 0.15) is 41.2 Å². The van der Waals surface area contributed by atoms with Gasteiger partial charge in [-0.2, -0.15) is 5.10 Å². The van der Waals surface area contributed by atoms with Gasteiger partial charge in [-0.15, -0.1) is 5.10 Å². The maximum Gasteiger partial charge on any atom is 0.256 e. The van der Waals surface area contributed by atoms with Crippen LogP contribution >= 0.6 is 0 Å². The van der Waals surface area contributed by atoms with Gasteiger partial charge < -0.3 is 9.64 Å². The molecule has 6 nitrogen and oxygen atoms in total. The predicted molar refractivity (Wildman–Crippen MR) is 87.7 cm³/mol. The zero-order valence-electron chi connectivity index (χ0n) is 13.8. The lowest BCUT2D eigenvalue weighted by molar-refractivity contribution is 0.0778. The lowest BCUT2D eigenvalue weighted by Gasteiger charge is -2.17. The predicted octanol–water partition coefficient (Wildman–Crippen LogP) is 2.43. The molecule has 130 valence electrons. The van der Waals surface area contributed by atoms with E-state index < -0.39 is 5.82 Å². The van der Waals surface area contributed by atoms with Crippen molar-refractivity contribution in [1.82, 2.24) is 20.1 Å². The van der Waals surface area contributed by atoms with Crippen molar-refractivity contribution in [2.75, 3.05) is 19.7 Å². The van der Waals surface area contributed by atoms with Gasteiger partial charge in [-0.25, -0.2) is 4.39 Å². The molecular formula is C18H19FN4O2. The Kier molecular flexibility index (Phi) is 4.29. The number of rotatable bonds is 5. The number of halogens is 1. The molecule has 25 heavy (non-hydrogen) atoms. The Morgan fingerprint density at radius 3 is 2.84 bits per heavy atom. The molecule has 2 fully saturated rings. The summed E-state index contributed by atoms with van der Waals surface area (Å²) < 4.78 is 19.4. The van der Waals surface area contributed by atoms with Gasteiger partial charge in [0.25, 0.3) is 5.91 Å². The van der Waals surface area contributed by atoms with E-state index in [4.69, 9.17) is 4.74 Å². The zero-order valence-corrected chi connectivity index (χ0v) is 13.8. The molecule has 1 aliphatic carbocycles. The molecule has 7 heteroatoms. The van der Waals surface area contributed by atoms with E-state index in [1.165, 1.54) is 25.1 Å². The maximum absolute atomic E-state index is 13.7. The van der Waals surface area contributed by atoms with Gasteiger partial charge in [0.1, 0.15) is 0 Å². The first-order valence-corrected chi connectivity index (χ1v) is 8.56. The number of hydrogen-bond acceptors (Lipinski definition) is 5. The van der Waals surface area contributed by atoms with Crippen molar-refractivity contribution in [1.29, 1.82) is 0 Å². The number of aromatic nitrogens is 3. The van der Waals surface area contributed by atoms with Gasteiger partial charge in [0.05, 0.1) is 24.1 Å². The number of amides is 1. The third kappa shape index (κ3) is 3.60. The van der Waals surface area contributed by atoms with Crippen molar-refractivity contribution in [2.45, 2.75) is 25.2 Å². The molecule has 4 rings (SSSR count). The van der Waals surface area contributed by atoms with Crippen molar-refractivity contribution < 1.29 is 13.9 Å². The van der Waals surface area contributed by atoms with Crippen molar-refractivity contribution in [2.24, 2.45) is 5.92 Å². The van der Waals surface area contributed by atoms with E-state index in [-0.39, 0.29) is 17.4 Å². The lowest BCUT2D eigenvalue weighted by Crippen LogP contribution is -2.30. The molecule has 1 amide bonds. The van der Waals surface area contributed by atoms with Crippen LogP contribution in [0.15, 0.2) is 30.6 Å². The Morgan fingerprint density at radius 2 is 2.12 bits per heavy atom. The number of hydrogen-bond donors (Lipinski definition) is 0. The van der Waals surface area contributed by atoms with E-state index in [0.717, 1.165) is 18.3 Å².